The number of nitrogens with zero attached hydrogens (tertiary/aromatic N) is 3. The minimum absolute atomic E-state index is 0.412. The summed E-state index contributed by atoms with van der Waals surface area (Å²) in [5, 5.41) is 4.44. The Bertz CT molecular complexity index is 610. The fourth-order valence-corrected chi connectivity index (χ4v) is 2.91. The van der Waals surface area contributed by atoms with Gasteiger partial charge in [-0.1, -0.05) is 6.07 Å². The van der Waals surface area contributed by atoms with Crippen LogP contribution in [0, 0.1) is 0 Å². The van der Waals surface area contributed by atoms with Crippen LogP contribution < -0.4 is 4.90 Å². The van der Waals surface area contributed by atoms with E-state index < -0.39 is 0 Å². The Morgan fingerprint density at radius 2 is 1.85 bits per heavy atom. The first-order valence-corrected chi connectivity index (χ1v) is 7.50. The molecule has 1 aromatic heterocycles. The van der Waals surface area contributed by atoms with Gasteiger partial charge in [-0.25, -0.2) is 0 Å². The first-order valence-electron chi connectivity index (χ1n) is 7.50. The van der Waals surface area contributed by atoms with Crippen LogP contribution in [-0.4, -0.2) is 22.4 Å². The highest BCUT2D eigenvalue weighted by Crippen LogP contribution is 2.33. The second kappa shape index (κ2) is 4.97. The Morgan fingerprint density at radius 1 is 1.05 bits per heavy atom. The molecule has 3 nitrogen and oxygen atoms in total. The van der Waals surface area contributed by atoms with E-state index in [0.717, 1.165) is 13.0 Å². The Hall–Kier alpha value is -1.77. The fraction of sp³-hybridized carbons (Fsp3) is 0.471. The molecule has 1 aromatic carbocycles. The van der Waals surface area contributed by atoms with Gasteiger partial charge in [-0.15, -0.1) is 0 Å². The molecule has 0 unspecified atom stereocenters. The predicted molar refractivity (Wildman–Crippen MR) is 84.2 cm³/mol. The molecule has 2 aromatic rings. The molecule has 0 saturated carbocycles. The summed E-state index contributed by atoms with van der Waals surface area (Å²) < 4.78 is 2.02. The molecule has 0 bridgehead atoms. The molecule has 20 heavy (non-hydrogen) atoms. The van der Waals surface area contributed by atoms with Crippen LogP contribution in [0.5, 0.6) is 0 Å². The second-order valence-corrected chi connectivity index (χ2v) is 6.18. The van der Waals surface area contributed by atoms with E-state index in [1.54, 1.807) is 0 Å². The summed E-state index contributed by atoms with van der Waals surface area (Å²) in [6.45, 7) is 9.97. The zero-order chi connectivity index (χ0) is 14.3. The summed E-state index contributed by atoms with van der Waals surface area (Å²) in [6.07, 6.45) is 5.26. The molecule has 0 radical (unpaired) electrons. The normalized spacial score (nSPS) is 14.4. The minimum atomic E-state index is 0.412. The van der Waals surface area contributed by atoms with E-state index in [0.29, 0.717) is 12.1 Å². The van der Waals surface area contributed by atoms with Crippen molar-refractivity contribution in [2.24, 2.45) is 0 Å². The van der Waals surface area contributed by atoms with Gasteiger partial charge in [0.05, 0.1) is 6.20 Å². The van der Waals surface area contributed by atoms with Crippen molar-refractivity contribution in [1.29, 1.82) is 0 Å². The third kappa shape index (κ3) is 2.21. The van der Waals surface area contributed by atoms with Gasteiger partial charge in [0.1, 0.15) is 0 Å². The second-order valence-electron chi connectivity index (χ2n) is 6.18. The Labute approximate surface area is 121 Å². The van der Waals surface area contributed by atoms with Crippen LogP contribution >= 0.6 is 0 Å². The molecule has 3 heteroatoms. The molecule has 2 heterocycles. The van der Waals surface area contributed by atoms with Crippen molar-refractivity contribution in [2.75, 3.05) is 11.4 Å². The molecular formula is C17H23N3. The standard InChI is InChI=1S/C17H23N3/c1-12(2)19-8-7-15-9-14(5-6-17(15)19)16-10-18-20(11-16)13(3)4/h5-6,9-13H,7-8H2,1-4H3. The third-order valence-electron chi connectivity index (χ3n) is 4.10. The maximum atomic E-state index is 4.44. The average molecular weight is 269 g/mol. The van der Waals surface area contributed by atoms with Crippen LogP contribution in [0.15, 0.2) is 30.6 Å². The monoisotopic (exact) mass is 269 g/mol. The van der Waals surface area contributed by atoms with E-state index in [-0.39, 0.29) is 0 Å². The largest absolute Gasteiger partial charge is 0.369 e. The van der Waals surface area contributed by atoms with Gasteiger partial charge in [-0.05, 0) is 57.4 Å². The predicted octanol–water partition coefficient (Wildman–Crippen LogP) is 3.90. The van der Waals surface area contributed by atoms with Crippen molar-refractivity contribution in [3.05, 3.63) is 36.2 Å². The van der Waals surface area contributed by atoms with Crippen molar-refractivity contribution in [3.63, 3.8) is 0 Å². The third-order valence-corrected chi connectivity index (χ3v) is 4.10. The maximum absolute atomic E-state index is 4.44. The molecule has 1 aliphatic rings. The van der Waals surface area contributed by atoms with E-state index in [1.165, 1.54) is 22.4 Å². The van der Waals surface area contributed by atoms with Crippen molar-refractivity contribution in [2.45, 2.75) is 46.2 Å². The molecule has 0 aliphatic carbocycles. The van der Waals surface area contributed by atoms with E-state index in [4.69, 9.17) is 0 Å². The Balaban J connectivity index is 1.93. The van der Waals surface area contributed by atoms with Crippen LogP contribution in [0.1, 0.15) is 39.3 Å². The minimum Gasteiger partial charge on any atom is -0.369 e. The highest BCUT2D eigenvalue weighted by Gasteiger charge is 2.21. The van der Waals surface area contributed by atoms with Gasteiger partial charge in [0, 0.05) is 36.1 Å². The van der Waals surface area contributed by atoms with Gasteiger partial charge >= 0.3 is 0 Å². The first-order chi connectivity index (χ1) is 9.56. The lowest BCUT2D eigenvalue weighted by Gasteiger charge is -2.24. The van der Waals surface area contributed by atoms with Crippen molar-refractivity contribution in [1.82, 2.24) is 9.78 Å². The number of fused-ring (bicyclic) bond motifs is 1. The number of aromatic nitrogens is 2. The van der Waals surface area contributed by atoms with Gasteiger partial charge in [0.2, 0.25) is 0 Å². The van der Waals surface area contributed by atoms with Crippen LogP contribution in [0.2, 0.25) is 0 Å². The van der Waals surface area contributed by atoms with E-state index in [2.05, 4.69) is 62.1 Å². The van der Waals surface area contributed by atoms with Gasteiger partial charge < -0.3 is 4.90 Å². The smallest absolute Gasteiger partial charge is 0.0568 e. The summed E-state index contributed by atoms with van der Waals surface area (Å²) in [7, 11) is 0. The zero-order valence-corrected chi connectivity index (χ0v) is 12.8. The number of benzene rings is 1. The molecule has 0 atom stereocenters. The summed E-state index contributed by atoms with van der Waals surface area (Å²) in [5.41, 5.74) is 5.36. The molecule has 0 N–H and O–H groups in total. The van der Waals surface area contributed by atoms with Crippen LogP contribution in [0.3, 0.4) is 0 Å². The SMILES string of the molecule is CC(C)N1CCc2cc(-c3cnn(C(C)C)c3)ccc21. The fourth-order valence-electron chi connectivity index (χ4n) is 2.91. The lowest BCUT2D eigenvalue weighted by Crippen LogP contribution is -2.28. The highest BCUT2D eigenvalue weighted by atomic mass is 15.3. The topological polar surface area (TPSA) is 21.1 Å². The highest BCUT2D eigenvalue weighted by molar-refractivity contribution is 5.70. The molecule has 0 amide bonds. The molecule has 0 fully saturated rings. The summed E-state index contributed by atoms with van der Waals surface area (Å²) in [4.78, 5) is 2.48. The summed E-state index contributed by atoms with van der Waals surface area (Å²) in [5.74, 6) is 0. The van der Waals surface area contributed by atoms with Crippen molar-refractivity contribution < 1.29 is 0 Å². The van der Waals surface area contributed by atoms with E-state index in [1.807, 2.05) is 10.9 Å². The summed E-state index contributed by atoms with van der Waals surface area (Å²) >= 11 is 0. The average Bonchev–Trinajstić information content (AvgIpc) is 3.04. The van der Waals surface area contributed by atoms with Gasteiger partial charge in [-0.2, -0.15) is 5.10 Å². The van der Waals surface area contributed by atoms with Crippen LogP contribution in [0.25, 0.3) is 11.1 Å². The first kappa shape index (κ1) is 13.2. The molecule has 0 saturated heterocycles. The summed E-state index contributed by atoms with van der Waals surface area (Å²) in [6, 6.07) is 7.81. The van der Waals surface area contributed by atoms with Crippen LogP contribution in [0.4, 0.5) is 5.69 Å². The lowest BCUT2D eigenvalue weighted by molar-refractivity contribution is 0.532. The van der Waals surface area contributed by atoms with Crippen LogP contribution in [-0.2, 0) is 6.42 Å². The number of rotatable bonds is 3. The number of hydrogen-bond donors (Lipinski definition) is 0. The molecule has 1 aliphatic heterocycles. The maximum Gasteiger partial charge on any atom is 0.0568 e. The quantitative estimate of drug-likeness (QED) is 0.842. The van der Waals surface area contributed by atoms with Gasteiger partial charge in [0.15, 0.2) is 0 Å². The Morgan fingerprint density at radius 3 is 2.50 bits per heavy atom. The number of hydrogen-bond acceptors (Lipinski definition) is 2. The lowest BCUT2D eigenvalue weighted by atomic mass is 10.0. The molecule has 106 valence electrons. The van der Waals surface area contributed by atoms with E-state index >= 15 is 0 Å². The zero-order valence-electron chi connectivity index (χ0n) is 12.8. The molecule has 3 rings (SSSR count). The Kier molecular flexibility index (Phi) is 3.28. The van der Waals surface area contributed by atoms with Crippen molar-refractivity contribution in [3.8, 4) is 11.1 Å². The van der Waals surface area contributed by atoms with Gasteiger partial charge in [0.25, 0.3) is 0 Å². The van der Waals surface area contributed by atoms with E-state index in [9.17, 15) is 0 Å². The number of anilines is 1. The van der Waals surface area contributed by atoms with Gasteiger partial charge in [-0.3, -0.25) is 4.68 Å². The molecular weight excluding hydrogens is 246 g/mol. The van der Waals surface area contributed by atoms with Crippen molar-refractivity contribution >= 4 is 5.69 Å². The molecule has 0 spiro atoms.